The molecule has 1 atom stereocenters. The van der Waals surface area contributed by atoms with Gasteiger partial charge in [0.25, 0.3) is 0 Å². The lowest BCUT2D eigenvalue weighted by molar-refractivity contribution is 0.112. The molecule has 0 amide bonds. The summed E-state index contributed by atoms with van der Waals surface area (Å²) < 4.78 is 0. The van der Waals surface area contributed by atoms with Gasteiger partial charge in [-0.1, -0.05) is 39.0 Å². The van der Waals surface area contributed by atoms with E-state index in [2.05, 4.69) is 56.0 Å². The molecule has 0 radical (unpaired) electrons. The average Bonchev–Trinajstić information content (AvgIpc) is 2.86. The van der Waals surface area contributed by atoms with Crippen molar-refractivity contribution in [3.05, 3.63) is 58.8 Å². The van der Waals surface area contributed by atoms with E-state index in [-0.39, 0.29) is 11.3 Å². The standard InChI is InChI=1S/C18H23NO/c1-18(2,3)15-7-9-17(14(10-15)12-20)13-6-8-16(11-13)19(4)5/h6-13H,1-5H3. The summed E-state index contributed by atoms with van der Waals surface area (Å²) >= 11 is 0. The maximum Gasteiger partial charge on any atom is 0.150 e. The van der Waals surface area contributed by atoms with Gasteiger partial charge in [0.05, 0.1) is 0 Å². The summed E-state index contributed by atoms with van der Waals surface area (Å²) in [5.74, 6) is 0.196. The SMILES string of the molecule is CN(C)C1=CC(c2ccc(C(C)(C)C)cc2C=O)C=C1. The van der Waals surface area contributed by atoms with Crippen LogP contribution < -0.4 is 0 Å². The summed E-state index contributed by atoms with van der Waals surface area (Å²) in [4.78, 5) is 13.5. The summed E-state index contributed by atoms with van der Waals surface area (Å²) in [5, 5.41) is 0. The molecule has 0 saturated carbocycles. The van der Waals surface area contributed by atoms with Gasteiger partial charge in [-0.05, 0) is 34.8 Å². The monoisotopic (exact) mass is 269 g/mol. The summed E-state index contributed by atoms with van der Waals surface area (Å²) in [6.45, 7) is 6.49. The van der Waals surface area contributed by atoms with Crippen LogP contribution in [0.5, 0.6) is 0 Å². The van der Waals surface area contributed by atoms with E-state index in [1.165, 1.54) is 11.3 Å². The molecule has 1 aliphatic rings. The van der Waals surface area contributed by atoms with Crippen molar-refractivity contribution in [3.63, 3.8) is 0 Å². The Kier molecular flexibility index (Phi) is 3.85. The Morgan fingerprint density at radius 3 is 2.40 bits per heavy atom. The molecule has 1 aliphatic carbocycles. The molecule has 1 unspecified atom stereocenters. The Bertz CT molecular complexity index is 574. The fourth-order valence-electron chi connectivity index (χ4n) is 2.44. The van der Waals surface area contributed by atoms with Gasteiger partial charge in [-0.2, -0.15) is 0 Å². The van der Waals surface area contributed by atoms with E-state index in [4.69, 9.17) is 0 Å². The molecule has 0 N–H and O–H groups in total. The molecule has 0 bridgehead atoms. The van der Waals surface area contributed by atoms with Crippen LogP contribution >= 0.6 is 0 Å². The molecule has 0 fully saturated rings. The minimum absolute atomic E-state index is 0.0619. The molecule has 0 aromatic heterocycles. The van der Waals surface area contributed by atoms with Crippen LogP contribution in [-0.4, -0.2) is 25.3 Å². The van der Waals surface area contributed by atoms with Crippen molar-refractivity contribution in [2.45, 2.75) is 32.1 Å². The van der Waals surface area contributed by atoms with Crippen LogP contribution in [-0.2, 0) is 5.41 Å². The largest absolute Gasteiger partial charge is 0.378 e. The van der Waals surface area contributed by atoms with E-state index in [1.807, 2.05) is 20.2 Å². The van der Waals surface area contributed by atoms with Crippen molar-refractivity contribution in [2.24, 2.45) is 0 Å². The zero-order valence-electron chi connectivity index (χ0n) is 13.0. The second-order valence-electron chi connectivity index (χ2n) is 6.58. The fraction of sp³-hybridized carbons (Fsp3) is 0.389. The predicted octanol–water partition coefficient (Wildman–Crippen LogP) is 3.90. The topological polar surface area (TPSA) is 20.3 Å². The molecule has 2 nitrogen and oxygen atoms in total. The highest BCUT2D eigenvalue weighted by molar-refractivity contribution is 5.79. The first-order valence-electron chi connectivity index (χ1n) is 7.00. The maximum atomic E-state index is 11.4. The molecule has 106 valence electrons. The lowest BCUT2D eigenvalue weighted by atomic mass is 9.84. The maximum absolute atomic E-state index is 11.4. The lowest BCUT2D eigenvalue weighted by Crippen LogP contribution is -2.12. The zero-order valence-corrected chi connectivity index (χ0v) is 13.0. The Labute approximate surface area is 121 Å². The molecule has 2 rings (SSSR count). The summed E-state index contributed by atoms with van der Waals surface area (Å²) in [5.41, 5.74) is 4.32. The molecule has 1 aromatic carbocycles. The Hall–Kier alpha value is -1.83. The zero-order chi connectivity index (χ0) is 14.9. The van der Waals surface area contributed by atoms with Crippen molar-refractivity contribution in [2.75, 3.05) is 14.1 Å². The van der Waals surface area contributed by atoms with E-state index in [0.29, 0.717) is 0 Å². The highest BCUT2D eigenvalue weighted by atomic mass is 16.1. The van der Waals surface area contributed by atoms with Crippen molar-refractivity contribution in [1.82, 2.24) is 4.90 Å². The van der Waals surface area contributed by atoms with Gasteiger partial charge in [0, 0.05) is 31.3 Å². The second kappa shape index (κ2) is 5.28. The van der Waals surface area contributed by atoms with Gasteiger partial charge in [-0.3, -0.25) is 4.79 Å². The van der Waals surface area contributed by atoms with Crippen molar-refractivity contribution >= 4 is 6.29 Å². The van der Waals surface area contributed by atoms with Crippen LogP contribution in [0.3, 0.4) is 0 Å². The number of aldehydes is 1. The fourth-order valence-corrected chi connectivity index (χ4v) is 2.44. The van der Waals surface area contributed by atoms with E-state index in [1.54, 1.807) is 0 Å². The van der Waals surface area contributed by atoms with Gasteiger partial charge >= 0.3 is 0 Å². The Morgan fingerprint density at radius 1 is 1.20 bits per heavy atom. The first-order valence-corrected chi connectivity index (χ1v) is 7.00. The number of likely N-dealkylation sites (N-methyl/N-ethyl adjacent to an activating group) is 1. The van der Waals surface area contributed by atoms with Crippen molar-refractivity contribution < 1.29 is 4.79 Å². The molecule has 1 aromatic rings. The highest BCUT2D eigenvalue weighted by Gasteiger charge is 2.19. The Balaban J connectivity index is 2.40. The third-order valence-corrected chi connectivity index (χ3v) is 3.78. The molecular formula is C18H23NO. The van der Waals surface area contributed by atoms with Crippen molar-refractivity contribution in [3.8, 4) is 0 Å². The average molecular weight is 269 g/mol. The normalized spacial score (nSPS) is 18.1. The third-order valence-electron chi connectivity index (χ3n) is 3.78. The molecule has 0 aliphatic heterocycles. The number of benzene rings is 1. The van der Waals surface area contributed by atoms with Crippen LogP contribution in [0.15, 0.2) is 42.1 Å². The van der Waals surface area contributed by atoms with E-state index < -0.39 is 0 Å². The Morgan fingerprint density at radius 2 is 1.90 bits per heavy atom. The number of carbonyl (C=O) groups excluding carboxylic acids is 1. The van der Waals surface area contributed by atoms with Gasteiger partial charge in [-0.15, -0.1) is 0 Å². The van der Waals surface area contributed by atoms with Gasteiger partial charge in [0.15, 0.2) is 0 Å². The van der Waals surface area contributed by atoms with E-state index in [9.17, 15) is 4.79 Å². The van der Waals surface area contributed by atoms with Crippen LogP contribution in [0.25, 0.3) is 0 Å². The first-order chi connectivity index (χ1) is 9.32. The molecule has 0 spiro atoms. The molecule has 2 heteroatoms. The molecular weight excluding hydrogens is 246 g/mol. The first kappa shape index (κ1) is 14.6. The quantitative estimate of drug-likeness (QED) is 0.776. The molecule has 0 heterocycles. The van der Waals surface area contributed by atoms with Crippen LogP contribution in [0.2, 0.25) is 0 Å². The van der Waals surface area contributed by atoms with E-state index >= 15 is 0 Å². The smallest absolute Gasteiger partial charge is 0.150 e. The number of hydrogen-bond donors (Lipinski definition) is 0. The number of carbonyl (C=O) groups is 1. The van der Waals surface area contributed by atoms with Crippen molar-refractivity contribution in [1.29, 1.82) is 0 Å². The van der Waals surface area contributed by atoms with Crippen LogP contribution in [0.1, 0.15) is 48.2 Å². The van der Waals surface area contributed by atoms with Crippen LogP contribution in [0.4, 0.5) is 0 Å². The van der Waals surface area contributed by atoms with Gasteiger partial charge < -0.3 is 4.90 Å². The van der Waals surface area contributed by atoms with E-state index in [0.717, 1.165) is 17.4 Å². The lowest BCUT2D eigenvalue weighted by Gasteiger charge is -2.21. The molecule has 0 saturated heterocycles. The second-order valence-corrected chi connectivity index (χ2v) is 6.58. The van der Waals surface area contributed by atoms with Gasteiger partial charge in [0.2, 0.25) is 0 Å². The summed E-state index contributed by atoms with van der Waals surface area (Å²) in [6.07, 6.45) is 7.42. The van der Waals surface area contributed by atoms with Gasteiger partial charge in [0.1, 0.15) is 6.29 Å². The van der Waals surface area contributed by atoms with Crippen LogP contribution in [0, 0.1) is 0 Å². The predicted molar refractivity (Wildman–Crippen MR) is 84.2 cm³/mol. The minimum atomic E-state index is 0.0619. The van der Waals surface area contributed by atoms with Gasteiger partial charge in [-0.25, -0.2) is 0 Å². The number of nitrogens with zero attached hydrogens (tertiary/aromatic N) is 1. The third kappa shape index (κ3) is 2.84. The number of allylic oxidation sites excluding steroid dienone is 3. The minimum Gasteiger partial charge on any atom is -0.378 e. The summed E-state index contributed by atoms with van der Waals surface area (Å²) in [7, 11) is 4.06. The number of hydrogen-bond acceptors (Lipinski definition) is 2. The molecule has 20 heavy (non-hydrogen) atoms. The summed E-state index contributed by atoms with van der Waals surface area (Å²) in [6, 6.07) is 6.25. The highest BCUT2D eigenvalue weighted by Crippen LogP contribution is 2.32. The number of rotatable bonds is 3.